The fourth-order valence-electron chi connectivity index (χ4n) is 2.79. The predicted octanol–water partition coefficient (Wildman–Crippen LogP) is 4.66. The lowest BCUT2D eigenvalue weighted by molar-refractivity contribution is -0.144. The van der Waals surface area contributed by atoms with E-state index in [4.69, 9.17) is 5.73 Å². The Kier molecular flexibility index (Phi) is 3.89. The standard InChI is InChI=1S/C16H12F6N4/c1-7-4-3-5-8(2)12(7)26-13(23)11-9(15(17,18)19)6-10(16(20,21)22)24-14(11)25-26/h3-6H,23H2,1-2H3. The number of nitrogens with two attached hydrogens (primary N) is 1. The minimum Gasteiger partial charge on any atom is -0.383 e. The van der Waals surface area contributed by atoms with E-state index in [0.717, 1.165) is 4.68 Å². The Morgan fingerprint density at radius 2 is 1.54 bits per heavy atom. The van der Waals surface area contributed by atoms with Gasteiger partial charge in [-0.25, -0.2) is 9.67 Å². The monoisotopic (exact) mass is 374 g/mol. The Bertz CT molecular complexity index is 980. The zero-order valence-electron chi connectivity index (χ0n) is 13.5. The molecule has 0 bridgehead atoms. The first kappa shape index (κ1) is 18.0. The van der Waals surface area contributed by atoms with Crippen LogP contribution in [-0.2, 0) is 12.4 Å². The SMILES string of the molecule is Cc1cccc(C)c1-n1nc2nc(C(F)(F)F)cc(C(F)(F)F)c2c1N. The summed E-state index contributed by atoms with van der Waals surface area (Å²) in [5, 5.41) is 3.17. The van der Waals surface area contributed by atoms with E-state index in [0.29, 0.717) is 16.8 Å². The molecule has 0 aliphatic rings. The van der Waals surface area contributed by atoms with Crippen molar-refractivity contribution in [1.29, 1.82) is 0 Å². The highest BCUT2D eigenvalue weighted by Gasteiger charge is 2.41. The lowest BCUT2D eigenvalue weighted by Gasteiger charge is -2.12. The molecule has 0 spiro atoms. The van der Waals surface area contributed by atoms with Gasteiger partial charge in [0.1, 0.15) is 11.5 Å². The second kappa shape index (κ2) is 5.61. The summed E-state index contributed by atoms with van der Waals surface area (Å²) in [6.07, 6.45) is -10.1. The molecule has 0 atom stereocenters. The number of hydrogen-bond donors (Lipinski definition) is 1. The van der Waals surface area contributed by atoms with Crippen molar-refractivity contribution in [2.24, 2.45) is 0 Å². The number of aryl methyl sites for hydroxylation is 2. The quantitative estimate of drug-likeness (QED) is 0.631. The molecule has 0 fully saturated rings. The molecule has 0 radical (unpaired) electrons. The average Bonchev–Trinajstić information content (AvgIpc) is 2.81. The molecule has 26 heavy (non-hydrogen) atoms. The van der Waals surface area contributed by atoms with Crippen LogP contribution in [0.4, 0.5) is 32.2 Å². The third kappa shape index (κ3) is 2.85. The van der Waals surface area contributed by atoms with Crippen LogP contribution in [0.2, 0.25) is 0 Å². The Morgan fingerprint density at radius 1 is 0.962 bits per heavy atom. The summed E-state index contributed by atoms with van der Waals surface area (Å²) < 4.78 is 79.9. The molecule has 0 amide bonds. The van der Waals surface area contributed by atoms with Crippen molar-refractivity contribution in [3.05, 3.63) is 46.6 Å². The predicted molar refractivity (Wildman–Crippen MR) is 82.8 cm³/mol. The molecule has 2 heterocycles. The van der Waals surface area contributed by atoms with Crippen molar-refractivity contribution in [2.75, 3.05) is 5.73 Å². The Morgan fingerprint density at radius 3 is 2.04 bits per heavy atom. The first-order valence-corrected chi connectivity index (χ1v) is 7.31. The number of pyridine rings is 1. The van der Waals surface area contributed by atoms with Crippen LogP contribution < -0.4 is 5.73 Å². The smallest absolute Gasteiger partial charge is 0.383 e. The average molecular weight is 374 g/mol. The fourth-order valence-corrected chi connectivity index (χ4v) is 2.79. The minimum absolute atomic E-state index is 0.0462. The van der Waals surface area contributed by atoms with Crippen LogP contribution in [0.3, 0.4) is 0 Å². The van der Waals surface area contributed by atoms with E-state index >= 15 is 0 Å². The fraction of sp³-hybridized carbons (Fsp3) is 0.250. The van der Waals surface area contributed by atoms with Gasteiger partial charge in [-0.15, -0.1) is 5.10 Å². The number of nitrogen functional groups attached to an aromatic ring is 1. The van der Waals surface area contributed by atoms with Gasteiger partial charge in [0.15, 0.2) is 5.65 Å². The molecular weight excluding hydrogens is 362 g/mol. The summed E-state index contributed by atoms with van der Waals surface area (Å²) in [5.41, 5.74) is 3.62. The first-order chi connectivity index (χ1) is 11.9. The zero-order chi connectivity index (χ0) is 19.4. The van der Waals surface area contributed by atoms with Gasteiger partial charge < -0.3 is 5.73 Å². The summed E-state index contributed by atoms with van der Waals surface area (Å²) in [5.74, 6) is -0.425. The number of aromatic nitrogens is 3. The van der Waals surface area contributed by atoms with E-state index < -0.39 is 40.5 Å². The molecule has 0 aliphatic heterocycles. The highest BCUT2D eigenvalue weighted by atomic mass is 19.4. The van der Waals surface area contributed by atoms with Crippen LogP contribution in [0.15, 0.2) is 24.3 Å². The summed E-state index contributed by atoms with van der Waals surface area (Å²) in [6, 6.07) is 5.06. The largest absolute Gasteiger partial charge is 0.433 e. The molecule has 0 unspecified atom stereocenters. The topological polar surface area (TPSA) is 56.7 Å². The van der Waals surface area contributed by atoms with Gasteiger partial charge in [-0.05, 0) is 31.0 Å². The highest BCUT2D eigenvalue weighted by molar-refractivity contribution is 5.91. The number of para-hydroxylation sites is 1. The first-order valence-electron chi connectivity index (χ1n) is 7.31. The molecule has 3 rings (SSSR count). The normalized spacial score (nSPS) is 12.8. The number of halogens is 6. The van der Waals surface area contributed by atoms with Gasteiger partial charge in [-0.2, -0.15) is 26.3 Å². The van der Waals surface area contributed by atoms with Crippen LogP contribution in [-0.4, -0.2) is 14.8 Å². The van der Waals surface area contributed by atoms with Gasteiger partial charge in [0, 0.05) is 0 Å². The van der Waals surface area contributed by atoms with E-state index in [1.807, 2.05) is 0 Å². The minimum atomic E-state index is -5.05. The van der Waals surface area contributed by atoms with Crippen molar-refractivity contribution in [2.45, 2.75) is 26.2 Å². The van der Waals surface area contributed by atoms with Crippen molar-refractivity contribution in [3.63, 3.8) is 0 Å². The van der Waals surface area contributed by atoms with Gasteiger partial charge >= 0.3 is 12.4 Å². The van der Waals surface area contributed by atoms with Gasteiger partial charge in [0.2, 0.25) is 0 Å². The van der Waals surface area contributed by atoms with Gasteiger partial charge in [0.25, 0.3) is 0 Å². The molecule has 0 aliphatic carbocycles. The zero-order valence-corrected chi connectivity index (χ0v) is 13.5. The lowest BCUT2D eigenvalue weighted by atomic mass is 10.1. The van der Waals surface area contributed by atoms with Crippen molar-refractivity contribution >= 4 is 16.9 Å². The van der Waals surface area contributed by atoms with Crippen molar-refractivity contribution in [1.82, 2.24) is 14.8 Å². The number of nitrogens with zero attached hydrogens (tertiary/aromatic N) is 3. The van der Waals surface area contributed by atoms with E-state index in [9.17, 15) is 26.3 Å². The Hall–Kier alpha value is -2.78. The summed E-state index contributed by atoms with van der Waals surface area (Å²) in [4.78, 5) is 3.25. The van der Waals surface area contributed by atoms with Crippen molar-refractivity contribution in [3.8, 4) is 5.69 Å². The van der Waals surface area contributed by atoms with Crippen LogP contribution in [0.25, 0.3) is 16.7 Å². The Balaban J connectivity index is 2.42. The van der Waals surface area contributed by atoms with Crippen LogP contribution in [0.1, 0.15) is 22.4 Å². The number of hydrogen-bond acceptors (Lipinski definition) is 3. The van der Waals surface area contributed by atoms with Crippen LogP contribution in [0.5, 0.6) is 0 Å². The molecule has 4 nitrogen and oxygen atoms in total. The van der Waals surface area contributed by atoms with Crippen LogP contribution in [0, 0.1) is 13.8 Å². The van der Waals surface area contributed by atoms with E-state index in [1.54, 1.807) is 32.0 Å². The maximum Gasteiger partial charge on any atom is 0.433 e. The van der Waals surface area contributed by atoms with E-state index in [2.05, 4.69) is 10.1 Å². The van der Waals surface area contributed by atoms with Crippen LogP contribution >= 0.6 is 0 Å². The lowest BCUT2D eigenvalue weighted by Crippen LogP contribution is -2.13. The molecule has 2 N–H and O–H groups in total. The van der Waals surface area contributed by atoms with E-state index in [-0.39, 0.29) is 6.07 Å². The summed E-state index contributed by atoms with van der Waals surface area (Å²) >= 11 is 0. The van der Waals surface area contributed by atoms with Gasteiger partial charge in [0.05, 0.1) is 16.6 Å². The number of rotatable bonds is 1. The molecule has 138 valence electrons. The second-order valence-electron chi connectivity index (χ2n) is 5.79. The number of anilines is 1. The second-order valence-corrected chi connectivity index (χ2v) is 5.79. The number of benzene rings is 1. The molecule has 0 saturated carbocycles. The third-order valence-electron chi connectivity index (χ3n) is 3.93. The summed E-state index contributed by atoms with van der Waals surface area (Å²) in [6.45, 7) is 3.38. The van der Waals surface area contributed by atoms with Gasteiger partial charge in [-0.1, -0.05) is 18.2 Å². The maximum atomic E-state index is 13.3. The molecule has 0 saturated heterocycles. The highest BCUT2D eigenvalue weighted by Crippen LogP contribution is 2.41. The molecule has 3 aromatic rings. The maximum absolute atomic E-state index is 13.3. The Labute approximate surface area is 143 Å². The molecular formula is C16H12F6N4. The molecule has 2 aromatic heterocycles. The third-order valence-corrected chi connectivity index (χ3v) is 3.93. The summed E-state index contributed by atoms with van der Waals surface area (Å²) in [7, 11) is 0. The van der Waals surface area contributed by atoms with Crippen molar-refractivity contribution < 1.29 is 26.3 Å². The molecule has 1 aromatic carbocycles. The van der Waals surface area contributed by atoms with Gasteiger partial charge in [-0.3, -0.25) is 0 Å². The number of fused-ring (bicyclic) bond motifs is 1. The molecule has 10 heteroatoms. The number of alkyl halides is 6. The van der Waals surface area contributed by atoms with E-state index in [1.165, 1.54) is 0 Å².